The van der Waals surface area contributed by atoms with Gasteiger partial charge in [0.1, 0.15) is 13.2 Å². The van der Waals surface area contributed by atoms with E-state index in [0.29, 0.717) is 111 Å². The molecule has 9 amide bonds. The fraction of sp³-hybridized carbons (Fsp3) is 0.470. The minimum absolute atomic E-state index is 0.0993. The normalized spacial score (nSPS) is 14.4. The molecule has 2 aliphatic rings. The Balaban J connectivity index is 0.000000257. The van der Waals surface area contributed by atoms with Crippen molar-refractivity contribution < 1.29 is 57.3 Å². The lowest BCUT2D eigenvalue weighted by atomic mass is 9.86. The van der Waals surface area contributed by atoms with Crippen LogP contribution in [0.1, 0.15) is 144 Å². The molecule has 8 aromatic rings. The third-order valence-electron chi connectivity index (χ3n) is 19.3. The van der Waals surface area contributed by atoms with Gasteiger partial charge in [-0.25, -0.2) is 33.9 Å². The molecule has 0 radical (unpaired) electrons. The molecule has 112 heavy (non-hydrogen) atoms. The van der Waals surface area contributed by atoms with Crippen molar-refractivity contribution in [2.45, 2.75) is 167 Å². The predicted molar refractivity (Wildman–Crippen MR) is 436 cm³/mol. The van der Waals surface area contributed by atoms with Gasteiger partial charge in [-0.2, -0.15) is 0 Å². The number of amides is 9. The largest absolute Gasteiger partial charge is 0.444 e. The molecule has 0 bridgehead atoms. The van der Waals surface area contributed by atoms with Gasteiger partial charge in [-0.3, -0.25) is 24.4 Å². The summed E-state index contributed by atoms with van der Waals surface area (Å²) in [5.74, 6) is -0.200. The van der Waals surface area contributed by atoms with Crippen molar-refractivity contribution in [3.8, 4) is 0 Å². The molecule has 0 aliphatic carbocycles. The van der Waals surface area contributed by atoms with Gasteiger partial charge in [0.05, 0.1) is 100 Å². The van der Waals surface area contributed by atoms with E-state index in [1.165, 1.54) is 32.5 Å². The first-order valence-electron chi connectivity index (χ1n) is 38.5. The lowest BCUT2D eigenvalue weighted by Gasteiger charge is -2.30. The summed E-state index contributed by atoms with van der Waals surface area (Å²) >= 11 is 5.97. The lowest BCUT2D eigenvalue weighted by molar-refractivity contribution is -0.137. The number of carbonyl (C=O) groups excluding carboxylic acids is 8. The number of thiazole rings is 4. The Bertz CT molecular complexity index is 4130. The fourth-order valence-electron chi connectivity index (χ4n) is 13.1. The monoisotopic (exact) mass is 1610 g/mol. The molecular formula is C83H107N13O12S4. The fourth-order valence-corrected chi connectivity index (χ4v) is 15.7. The Labute approximate surface area is 673 Å². The van der Waals surface area contributed by atoms with E-state index in [0.717, 1.165) is 53.4 Å². The molecule has 5 N–H and O–H groups in total. The zero-order valence-electron chi connectivity index (χ0n) is 64.9. The number of benzene rings is 4. The quantitative estimate of drug-likeness (QED) is 0.0239. The second-order valence-corrected chi connectivity index (χ2v) is 32.7. The Morgan fingerprint density at radius 1 is 0.473 bits per heavy atom. The van der Waals surface area contributed by atoms with Crippen LogP contribution in [0.15, 0.2) is 156 Å². The number of nitrogens with zero attached hydrogens (tertiary/aromatic N) is 8. The van der Waals surface area contributed by atoms with Crippen molar-refractivity contribution in [3.63, 3.8) is 0 Å². The van der Waals surface area contributed by atoms with Crippen molar-refractivity contribution in [1.82, 2.24) is 66.1 Å². The third kappa shape index (κ3) is 30.5. The first-order valence-corrected chi connectivity index (χ1v) is 42.0. The molecule has 600 valence electrons. The maximum atomic E-state index is 14.3. The summed E-state index contributed by atoms with van der Waals surface area (Å²) < 4.78 is 21.9. The average molecular weight is 1610 g/mol. The number of Topliss-reactive ketones (excluding diaryl/α,β-unsaturated/α-hetero) is 2. The first-order chi connectivity index (χ1) is 54.2. The van der Waals surface area contributed by atoms with Gasteiger partial charge in [-0.05, 0) is 91.9 Å². The SMILES string of the molecule is CC(C)c1nc(CN(C)C(=O)NC(CC(=O)N2CCOCC2)C(=O)CC(CCC(Cc2ccccc2)NC(=O)OCc2cncs2)Cc2ccccc2)cs1.CC(C)c1nc(CN(C)C(=O)NC(CCNC(=O)N2CCOCC2)C(=O)CC(CCC(Cc2ccccc2)NC(=O)OCc2cncs2)Cc2ccccc2)cs1. The van der Waals surface area contributed by atoms with Gasteiger partial charge in [0.2, 0.25) is 5.91 Å². The van der Waals surface area contributed by atoms with Crippen molar-refractivity contribution >= 4 is 93.1 Å². The second-order valence-electron chi connectivity index (χ2n) is 29.0. The summed E-state index contributed by atoms with van der Waals surface area (Å²) in [6.07, 6.45) is 7.57. The highest BCUT2D eigenvalue weighted by Crippen LogP contribution is 2.27. The molecule has 2 fully saturated rings. The van der Waals surface area contributed by atoms with Gasteiger partial charge in [0.25, 0.3) is 0 Å². The lowest BCUT2D eigenvalue weighted by Crippen LogP contribution is -2.50. The van der Waals surface area contributed by atoms with E-state index in [1.54, 1.807) is 70.0 Å². The van der Waals surface area contributed by atoms with E-state index in [-0.39, 0.29) is 111 Å². The molecule has 6 unspecified atom stereocenters. The number of hydrogen-bond acceptors (Lipinski definition) is 20. The van der Waals surface area contributed by atoms with Crippen molar-refractivity contribution in [3.05, 3.63) is 209 Å². The average Bonchev–Trinajstić information content (AvgIpc) is 0.896. The number of ether oxygens (including phenoxy) is 4. The van der Waals surface area contributed by atoms with Crippen LogP contribution in [0, 0.1) is 11.8 Å². The van der Waals surface area contributed by atoms with Gasteiger partial charge < -0.3 is 65.1 Å². The number of morpholine rings is 2. The number of urea groups is 3. The van der Waals surface area contributed by atoms with Gasteiger partial charge in [-0.1, -0.05) is 149 Å². The van der Waals surface area contributed by atoms with E-state index >= 15 is 0 Å². The molecule has 2 aliphatic heterocycles. The Kier molecular flexibility index (Phi) is 35.9. The highest BCUT2D eigenvalue weighted by molar-refractivity contribution is 7.10. The van der Waals surface area contributed by atoms with Gasteiger partial charge in [-0.15, -0.1) is 45.3 Å². The number of aromatic nitrogens is 4. The molecule has 25 nitrogen and oxygen atoms in total. The van der Waals surface area contributed by atoms with Gasteiger partial charge >= 0.3 is 30.3 Å². The predicted octanol–water partition coefficient (Wildman–Crippen LogP) is 13.4. The maximum Gasteiger partial charge on any atom is 0.407 e. The minimum atomic E-state index is -1.02. The molecule has 0 spiro atoms. The molecular weight excluding hydrogens is 1500 g/mol. The van der Waals surface area contributed by atoms with Crippen LogP contribution in [0.4, 0.5) is 24.0 Å². The zero-order chi connectivity index (χ0) is 79.4. The van der Waals surface area contributed by atoms with Crippen LogP contribution in [-0.2, 0) is 85.3 Å². The van der Waals surface area contributed by atoms with Crippen molar-refractivity contribution in [2.75, 3.05) is 73.2 Å². The summed E-state index contributed by atoms with van der Waals surface area (Å²) in [5, 5.41) is 20.9. The van der Waals surface area contributed by atoms with Crippen LogP contribution in [0.25, 0.3) is 0 Å². The van der Waals surface area contributed by atoms with Crippen LogP contribution < -0.4 is 26.6 Å². The number of hydrogen-bond donors (Lipinski definition) is 5. The van der Waals surface area contributed by atoms with E-state index in [2.05, 4.69) is 74.2 Å². The van der Waals surface area contributed by atoms with Gasteiger partial charge in [0.15, 0.2) is 11.6 Å². The van der Waals surface area contributed by atoms with Crippen LogP contribution >= 0.6 is 45.3 Å². The maximum absolute atomic E-state index is 14.3. The van der Waals surface area contributed by atoms with E-state index < -0.39 is 36.3 Å². The highest BCUT2D eigenvalue weighted by atomic mass is 32.1. The first kappa shape index (κ1) is 86.5. The summed E-state index contributed by atoms with van der Waals surface area (Å²) in [6.45, 7) is 13.0. The topological polar surface area (TPSA) is 298 Å². The molecule has 0 saturated carbocycles. The summed E-state index contributed by atoms with van der Waals surface area (Å²) in [6, 6.07) is 36.4. The van der Waals surface area contributed by atoms with Gasteiger partial charge in [0, 0.05) is 107 Å². The van der Waals surface area contributed by atoms with Crippen molar-refractivity contribution in [1.29, 1.82) is 0 Å². The number of rotatable bonds is 39. The smallest absolute Gasteiger partial charge is 0.407 e. The van der Waals surface area contributed by atoms with Crippen LogP contribution in [0.2, 0.25) is 0 Å². The number of nitrogens with one attached hydrogen (secondary N) is 5. The molecule has 6 atom stereocenters. The van der Waals surface area contributed by atoms with E-state index in [4.69, 9.17) is 18.9 Å². The summed E-state index contributed by atoms with van der Waals surface area (Å²) in [4.78, 5) is 134. The number of ketones is 2. The van der Waals surface area contributed by atoms with E-state index in [1.807, 2.05) is 132 Å². The van der Waals surface area contributed by atoms with Crippen LogP contribution in [-0.4, -0.2) is 185 Å². The Morgan fingerprint density at radius 3 is 1.26 bits per heavy atom. The standard InChI is InChI=1S/C42H55N7O6S2.C41H52N6O6S2/c1-30(2)39-45-35(28-56-39)26-48(3)41(52)47-37(16-17-44-40(51)49-18-20-54-21-19-49)38(50)24-33(22-31-10-6-4-7-11-31)14-15-34(23-32-12-8-5-9-13-32)46-42(53)55-27-36-25-43-29-57-36;1-29(2)39-43-34(27-54-39)25-46(3)40(50)45-36(23-38(49)47-16-18-52-19-17-47)37(48)22-32(20-30-10-6-4-7-11-30)14-15-33(21-31-12-8-5-9-13-31)44-41(51)53-26-35-24-42-28-55-35/h4-13,25,28-30,33-34,37H,14-24,26-27H2,1-3H3,(H,44,51)(H,46,53)(H,47,52);4-13,24,27-29,32-33,36H,14-23,25-26H2,1-3H3,(H,44,51)(H,45,50). The van der Waals surface area contributed by atoms with Crippen LogP contribution in [0.3, 0.4) is 0 Å². The number of alkyl carbamates (subject to hydrolysis) is 2. The zero-order valence-corrected chi connectivity index (χ0v) is 68.2. The molecule has 4 aromatic heterocycles. The summed E-state index contributed by atoms with van der Waals surface area (Å²) in [7, 11) is 3.35. The third-order valence-corrected chi connectivity index (χ3v) is 23.1. The molecule has 6 heterocycles. The van der Waals surface area contributed by atoms with Crippen LogP contribution in [0.5, 0.6) is 0 Å². The Hall–Kier alpha value is -9.52. The molecule has 10 rings (SSSR count). The van der Waals surface area contributed by atoms with Crippen molar-refractivity contribution in [2.24, 2.45) is 11.8 Å². The van der Waals surface area contributed by atoms with E-state index in [9.17, 15) is 38.4 Å². The second kappa shape index (κ2) is 46.5. The molecule has 2 saturated heterocycles. The number of carbonyl (C=O) groups is 8. The molecule has 4 aromatic carbocycles. The Morgan fingerprint density at radius 2 is 0.866 bits per heavy atom. The highest BCUT2D eigenvalue weighted by Gasteiger charge is 2.33. The summed E-state index contributed by atoms with van der Waals surface area (Å²) in [5.41, 5.74) is 9.26. The minimum Gasteiger partial charge on any atom is -0.444 e. The molecule has 29 heteroatoms.